The van der Waals surface area contributed by atoms with Crippen LogP contribution in [0.4, 0.5) is 11.4 Å². The Bertz CT molecular complexity index is 886. The van der Waals surface area contributed by atoms with Gasteiger partial charge in [0.15, 0.2) is 11.5 Å². The van der Waals surface area contributed by atoms with Crippen LogP contribution in [-0.2, 0) is 6.54 Å². The van der Waals surface area contributed by atoms with E-state index in [9.17, 15) is 14.9 Å². The summed E-state index contributed by atoms with van der Waals surface area (Å²) < 4.78 is 10.8. The number of non-ortho nitro benzene ring substituents is 1. The minimum Gasteiger partial charge on any atom is -0.493 e. The number of nitro benzene ring substituents is 1. The summed E-state index contributed by atoms with van der Waals surface area (Å²) >= 11 is 6.25. The largest absolute Gasteiger partial charge is 0.493 e. The van der Waals surface area contributed by atoms with Crippen molar-refractivity contribution in [1.82, 2.24) is 5.32 Å². The smallest absolute Gasteiger partial charge is 0.270 e. The molecule has 28 heavy (non-hydrogen) atoms. The molecule has 0 bridgehead atoms. The first kappa shape index (κ1) is 21.3. The standard InChI is InChI=1S/C19H22ClN3O5/c1-5-28-18-15(20)8-12(9-17(18)27-4)11-21-19(24)14-10-13(23(25)26)6-7-16(14)22(2)3/h6-10H,5,11H2,1-4H3,(H,21,24). The van der Waals surface area contributed by atoms with Gasteiger partial charge in [-0.3, -0.25) is 14.9 Å². The topological polar surface area (TPSA) is 93.9 Å². The second-order valence-electron chi connectivity index (χ2n) is 6.08. The Kier molecular flexibility index (Phi) is 7.06. The molecule has 150 valence electrons. The molecule has 0 aliphatic carbocycles. The number of ether oxygens (including phenoxy) is 2. The fraction of sp³-hybridized carbons (Fsp3) is 0.316. The summed E-state index contributed by atoms with van der Waals surface area (Å²) in [5, 5.41) is 14.2. The third-order valence-electron chi connectivity index (χ3n) is 3.95. The Morgan fingerprint density at radius 1 is 1.29 bits per heavy atom. The molecule has 0 spiro atoms. The maximum Gasteiger partial charge on any atom is 0.270 e. The number of nitrogens with one attached hydrogen (secondary N) is 1. The molecule has 1 N–H and O–H groups in total. The molecule has 0 aliphatic heterocycles. The van der Waals surface area contributed by atoms with Gasteiger partial charge in [-0.05, 0) is 30.7 Å². The lowest BCUT2D eigenvalue weighted by Crippen LogP contribution is -2.25. The Labute approximate surface area is 168 Å². The third kappa shape index (κ3) is 4.83. The molecule has 0 fully saturated rings. The first-order valence-electron chi connectivity index (χ1n) is 8.51. The van der Waals surface area contributed by atoms with E-state index < -0.39 is 10.8 Å². The number of carbonyl (C=O) groups excluding carboxylic acids is 1. The first-order chi connectivity index (χ1) is 13.3. The fourth-order valence-electron chi connectivity index (χ4n) is 2.65. The molecule has 0 radical (unpaired) electrons. The molecule has 0 saturated heterocycles. The number of nitrogens with zero attached hydrogens (tertiary/aromatic N) is 2. The Morgan fingerprint density at radius 2 is 2.00 bits per heavy atom. The summed E-state index contributed by atoms with van der Waals surface area (Å²) in [7, 11) is 5.02. The van der Waals surface area contributed by atoms with Crippen molar-refractivity contribution in [3.8, 4) is 11.5 Å². The van der Waals surface area contributed by atoms with Crippen LogP contribution in [0.3, 0.4) is 0 Å². The molecule has 0 aromatic heterocycles. The molecule has 0 saturated carbocycles. The van der Waals surface area contributed by atoms with Gasteiger partial charge in [-0.2, -0.15) is 0 Å². The fourth-order valence-corrected chi connectivity index (χ4v) is 2.93. The van der Waals surface area contributed by atoms with E-state index in [4.69, 9.17) is 21.1 Å². The minimum absolute atomic E-state index is 0.151. The number of methoxy groups -OCH3 is 1. The van der Waals surface area contributed by atoms with E-state index in [0.29, 0.717) is 34.4 Å². The lowest BCUT2D eigenvalue weighted by atomic mass is 10.1. The van der Waals surface area contributed by atoms with Gasteiger partial charge in [0, 0.05) is 38.5 Å². The molecule has 0 atom stereocenters. The normalized spacial score (nSPS) is 10.3. The van der Waals surface area contributed by atoms with Crippen LogP contribution in [0.2, 0.25) is 5.02 Å². The summed E-state index contributed by atoms with van der Waals surface area (Å²) in [6.45, 7) is 2.44. The van der Waals surface area contributed by atoms with Crippen LogP contribution in [0.15, 0.2) is 30.3 Å². The predicted octanol–water partition coefficient (Wildman–Crippen LogP) is 3.65. The second-order valence-corrected chi connectivity index (χ2v) is 6.48. The maximum atomic E-state index is 12.7. The highest BCUT2D eigenvalue weighted by molar-refractivity contribution is 6.32. The summed E-state index contributed by atoms with van der Waals surface area (Å²) in [6.07, 6.45) is 0. The molecule has 0 aliphatic rings. The van der Waals surface area contributed by atoms with Gasteiger partial charge in [0.25, 0.3) is 11.6 Å². The molecule has 1 amide bonds. The summed E-state index contributed by atoms with van der Waals surface area (Å²) in [6, 6.07) is 7.57. The van der Waals surface area contributed by atoms with E-state index >= 15 is 0 Å². The monoisotopic (exact) mass is 407 g/mol. The number of anilines is 1. The van der Waals surface area contributed by atoms with E-state index in [-0.39, 0.29) is 17.8 Å². The minimum atomic E-state index is -0.534. The maximum absolute atomic E-state index is 12.7. The van der Waals surface area contributed by atoms with Crippen molar-refractivity contribution in [2.75, 3.05) is 32.7 Å². The molecule has 2 aromatic carbocycles. The molecule has 8 nitrogen and oxygen atoms in total. The van der Waals surface area contributed by atoms with Gasteiger partial charge in [-0.15, -0.1) is 0 Å². The van der Waals surface area contributed by atoms with Crippen molar-refractivity contribution in [1.29, 1.82) is 0 Å². The van der Waals surface area contributed by atoms with Crippen LogP contribution in [0.1, 0.15) is 22.8 Å². The van der Waals surface area contributed by atoms with Crippen LogP contribution in [0.5, 0.6) is 11.5 Å². The Hall–Kier alpha value is -3.00. The molecule has 0 heterocycles. The van der Waals surface area contributed by atoms with Crippen LogP contribution in [-0.4, -0.2) is 38.6 Å². The highest BCUT2D eigenvalue weighted by Gasteiger charge is 2.18. The zero-order chi connectivity index (χ0) is 20.8. The average molecular weight is 408 g/mol. The second kappa shape index (κ2) is 9.27. The first-order valence-corrected chi connectivity index (χ1v) is 8.89. The van der Waals surface area contributed by atoms with E-state index in [0.717, 1.165) is 0 Å². The van der Waals surface area contributed by atoms with Crippen molar-refractivity contribution < 1.29 is 19.2 Å². The number of benzene rings is 2. The highest BCUT2D eigenvalue weighted by atomic mass is 35.5. The SMILES string of the molecule is CCOc1c(Cl)cc(CNC(=O)c2cc([N+](=O)[O-])ccc2N(C)C)cc1OC. The van der Waals surface area contributed by atoms with Crippen LogP contribution in [0.25, 0.3) is 0 Å². The molecule has 2 rings (SSSR count). The summed E-state index contributed by atoms with van der Waals surface area (Å²) in [5.41, 5.74) is 1.34. The zero-order valence-electron chi connectivity index (χ0n) is 16.1. The van der Waals surface area contributed by atoms with E-state index in [1.54, 1.807) is 37.2 Å². The Balaban J connectivity index is 2.26. The van der Waals surface area contributed by atoms with Crippen molar-refractivity contribution in [3.63, 3.8) is 0 Å². The van der Waals surface area contributed by atoms with Crippen LogP contribution < -0.4 is 19.7 Å². The average Bonchev–Trinajstić information content (AvgIpc) is 2.67. The van der Waals surface area contributed by atoms with Crippen molar-refractivity contribution >= 4 is 28.9 Å². The van der Waals surface area contributed by atoms with Gasteiger partial charge in [-0.25, -0.2) is 0 Å². The number of hydrogen-bond donors (Lipinski definition) is 1. The predicted molar refractivity (Wildman–Crippen MR) is 108 cm³/mol. The molecular weight excluding hydrogens is 386 g/mol. The van der Waals surface area contributed by atoms with Gasteiger partial charge in [0.2, 0.25) is 0 Å². The molecule has 2 aromatic rings. The zero-order valence-corrected chi connectivity index (χ0v) is 16.9. The molecular formula is C19H22ClN3O5. The number of halogens is 1. The van der Waals surface area contributed by atoms with Crippen LogP contribution >= 0.6 is 11.6 Å². The summed E-state index contributed by atoms with van der Waals surface area (Å²) in [4.78, 5) is 24.9. The summed E-state index contributed by atoms with van der Waals surface area (Å²) in [5.74, 6) is 0.467. The van der Waals surface area contributed by atoms with E-state index in [1.807, 2.05) is 6.92 Å². The lowest BCUT2D eigenvalue weighted by Gasteiger charge is -2.17. The number of carbonyl (C=O) groups is 1. The van der Waals surface area contributed by atoms with Crippen molar-refractivity contribution in [2.24, 2.45) is 0 Å². The van der Waals surface area contributed by atoms with Crippen molar-refractivity contribution in [3.05, 3.63) is 56.6 Å². The number of hydrogen-bond acceptors (Lipinski definition) is 6. The van der Waals surface area contributed by atoms with Gasteiger partial charge in [0.05, 0.1) is 29.2 Å². The molecule has 0 unspecified atom stereocenters. The highest BCUT2D eigenvalue weighted by Crippen LogP contribution is 2.36. The van der Waals surface area contributed by atoms with E-state index in [1.165, 1.54) is 19.2 Å². The number of nitro groups is 1. The van der Waals surface area contributed by atoms with Gasteiger partial charge in [0.1, 0.15) is 0 Å². The van der Waals surface area contributed by atoms with Crippen molar-refractivity contribution in [2.45, 2.75) is 13.5 Å². The molecule has 9 heteroatoms. The van der Waals surface area contributed by atoms with Crippen LogP contribution in [0, 0.1) is 10.1 Å². The lowest BCUT2D eigenvalue weighted by molar-refractivity contribution is -0.384. The number of amides is 1. The number of rotatable bonds is 8. The Morgan fingerprint density at radius 3 is 2.57 bits per heavy atom. The van der Waals surface area contributed by atoms with Gasteiger partial charge >= 0.3 is 0 Å². The quantitative estimate of drug-likeness (QED) is 0.530. The third-order valence-corrected chi connectivity index (χ3v) is 4.23. The van der Waals surface area contributed by atoms with Gasteiger partial charge < -0.3 is 19.7 Å². The van der Waals surface area contributed by atoms with E-state index in [2.05, 4.69) is 5.32 Å². The van der Waals surface area contributed by atoms with Gasteiger partial charge in [-0.1, -0.05) is 11.6 Å².